The number of rotatable bonds is 5. The predicted octanol–water partition coefficient (Wildman–Crippen LogP) is -0.0631. The zero-order valence-corrected chi connectivity index (χ0v) is 12.3. The Kier molecular flexibility index (Phi) is 4.59. The highest BCUT2D eigenvalue weighted by atomic mass is 32.2. The third kappa shape index (κ3) is 4.93. The van der Waals surface area contributed by atoms with Crippen LogP contribution in [0.4, 0.5) is 0 Å². The van der Waals surface area contributed by atoms with E-state index in [4.69, 9.17) is 4.74 Å². The molecule has 1 aromatic rings. The van der Waals surface area contributed by atoms with Crippen molar-refractivity contribution in [2.24, 2.45) is 0 Å². The summed E-state index contributed by atoms with van der Waals surface area (Å²) in [6.07, 6.45) is 5.16. The number of morpholine rings is 1. The van der Waals surface area contributed by atoms with Gasteiger partial charge in [0.2, 0.25) is 0 Å². The summed E-state index contributed by atoms with van der Waals surface area (Å²) in [4.78, 5) is 2.14. The maximum absolute atomic E-state index is 11.2. The first-order valence-corrected chi connectivity index (χ1v) is 8.49. The minimum Gasteiger partial charge on any atom is -0.374 e. The molecule has 0 bridgehead atoms. The summed E-state index contributed by atoms with van der Waals surface area (Å²) >= 11 is 0. The Balaban J connectivity index is 1.83. The van der Waals surface area contributed by atoms with Crippen LogP contribution in [-0.4, -0.2) is 67.5 Å². The van der Waals surface area contributed by atoms with Gasteiger partial charge in [-0.3, -0.25) is 9.58 Å². The lowest BCUT2D eigenvalue weighted by Crippen LogP contribution is -2.45. The fourth-order valence-corrected chi connectivity index (χ4v) is 2.75. The molecule has 1 fully saturated rings. The van der Waals surface area contributed by atoms with E-state index in [0.29, 0.717) is 19.7 Å². The van der Waals surface area contributed by atoms with Gasteiger partial charge in [0.15, 0.2) is 0 Å². The van der Waals surface area contributed by atoms with Crippen molar-refractivity contribution in [1.82, 2.24) is 14.7 Å². The topological polar surface area (TPSA) is 64.4 Å². The minimum absolute atomic E-state index is 0.0765. The first-order chi connectivity index (χ1) is 8.92. The lowest BCUT2D eigenvalue weighted by molar-refractivity contribution is -0.0355. The summed E-state index contributed by atoms with van der Waals surface area (Å²) < 4.78 is 29.9. The molecule has 0 N–H and O–H groups in total. The van der Waals surface area contributed by atoms with Gasteiger partial charge >= 0.3 is 0 Å². The molecule has 108 valence electrons. The van der Waals surface area contributed by atoms with Crippen molar-refractivity contribution in [2.75, 3.05) is 38.2 Å². The Hall–Kier alpha value is -0.920. The molecule has 0 radical (unpaired) electrons. The van der Waals surface area contributed by atoms with Crippen molar-refractivity contribution in [3.05, 3.63) is 18.0 Å². The SMILES string of the molecule is Cc1cnn(CC2CN(CCS(C)(=O)=O)CCO2)c1. The average molecular weight is 287 g/mol. The van der Waals surface area contributed by atoms with Gasteiger partial charge in [-0.15, -0.1) is 0 Å². The van der Waals surface area contributed by atoms with Crippen molar-refractivity contribution in [3.8, 4) is 0 Å². The zero-order valence-electron chi connectivity index (χ0n) is 11.4. The van der Waals surface area contributed by atoms with Crippen LogP contribution in [0.3, 0.4) is 0 Å². The zero-order chi connectivity index (χ0) is 13.9. The monoisotopic (exact) mass is 287 g/mol. The smallest absolute Gasteiger partial charge is 0.148 e. The summed E-state index contributed by atoms with van der Waals surface area (Å²) in [5.74, 6) is 0.209. The molecule has 0 aromatic carbocycles. The Morgan fingerprint density at radius 3 is 2.95 bits per heavy atom. The summed E-state index contributed by atoms with van der Waals surface area (Å²) in [5.41, 5.74) is 1.13. The highest BCUT2D eigenvalue weighted by Crippen LogP contribution is 2.08. The number of nitrogens with zero attached hydrogens (tertiary/aromatic N) is 3. The molecule has 0 amide bonds. The predicted molar refractivity (Wildman–Crippen MR) is 72.9 cm³/mol. The second-order valence-electron chi connectivity index (χ2n) is 5.16. The molecule has 1 unspecified atom stereocenters. The molecule has 2 heterocycles. The largest absolute Gasteiger partial charge is 0.374 e. The third-order valence-corrected chi connectivity index (χ3v) is 4.08. The van der Waals surface area contributed by atoms with Gasteiger partial charge in [-0.05, 0) is 12.5 Å². The van der Waals surface area contributed by atoms with E-state index in [1.165, 1.54) is 6.26 Å². The first-order valence-electron chi connectivity index (χ1n) is 6.43. The normalized spacial score (nSPS) is 21.7. The van der Waals surface area contributed by atoms with Crippen LogP contribution in [-0.2, 0) is 21.1 Å². The van der Waals surface area contributed by atoms with Crippen molar-refractivity contribution >= 4 is 9.84 Å². The van der Waals surface area contributed by atoms with Crippen molar-refractivity contribution in [3.63, 3.8) is 0 Å². The number of sulfone groups is 1. The van der Waals surface area contributed by atoms with Gasteiger partial charge in [-0.25, -0.2) is 8.42 Å². The van der Waals surface area contributed by atoms with Gasteiger partial charge in [-0.1, -0.05) is 0 Å². The number of ether oxygens (including phenoxy) is 1. The summed E-state index contributed by atoms with van der Waals surface area (Å²) in [7, 11) is -2.90. The van der Waals surface area contributed by atoms with Crippen LogP contribution >= 0.6 is 0 Å². The highest BCUT2D eigenvalue weighted by Gasteiger charge is 2.21. The van der Waals surface area contributed by atoms with E-state index >= 15 is 0 Å². The average Bonchev–Trinajstić information content (AvgIpc) is 2.72. The fourth-order valence-electron chi connectivity index (χ4n) is 2.16. The van der Waals surface area contributed by atoms with Gasteiger partial charge < -0.3 is 4.74 Å². The Morgan fingerprint density at radius 2 is 2.32 bits per heavy atom. The lowest BCUT2D eigenvalue weighted by atomic mass is 10.2. The number of aryl methyl sites for hydroxylation is 1. The van der Waals surface area contributed by atoms with Gasteiger partial charge in [0.1, 0.15) is 9.84 Å². The summed E-state index contributed by atoms with van der Waals surface area (Å²) in [6.45, 7) is 5.50. The van der Waals surface area contributed by atoms with Gasteiger partial charge in [-0.2, -0.15) is 5.10 Å². The van der Waals surface area contributed by atoms with Crippen molar-refractivity contribution < 1.29 is 13.2 Å². The van der Waals surface area contributed by atoms with Crippen molar-refractivity contribution in [2.45, 2.75) is 19.6 Å². The Labute approximate surface area is 114 Å². The summed E-state index contributed by atoms with van der Waals surface area (Å²) in [6, 6.07) is 0. The van der Waals surface area contributed by atoms with E-state index in [0.717, 1.165) is 18.7 Å². The maximum Gasteiger partial charge on any atom is 0.148 e. The minimum atomic E-state index is -2.90. The molecule has 1 aliphatic heterocycles. The number of aromatic nitrogens is 2. The molecule has 1 saturated heterocycles. The Morgan fingerprint density at radius 1 is 1.53 bits per heavy atom. The molecule has 7 heteroatoms. The van der Waals surface area contributed by atoms with Crippen LogP contribution in [0, 0.1) is 6.92 Å². The molecule has 19 heavy (non-hydrogen) atoms. The van der Waals surface area contributed by atoms with E-state index in [2.05, 4.69) is 10.00 Å². The fraction of sp³-hybridized carbons (Fsp3) is 0.750. The standard InChI is InChI=1S/C12H21N3O3S/c1-11-7-13-15(8-11)10-12-9-14(3-5-18-12)4-6-19(2,16)17/h7-8,12H,3-6,9-10H2,1-2H3. The van der Waals surface area contributed by atoms with E-state index in [9.17, 15) is 8.42 Å². The molecule has 1 atom stereocenters. The van der Waals surface area contributed by atoms with Gasteiger partial charge in [0.05, 0.1) is 31.2 Å². The number of hydrogen-bond acceptors (Lipinski definition) is 5. The van der Waals surface area contributed by atoms with Crippen molar-refractivity contribution in [1.29, 1.82) is 0 Å². The first kappa shape index (κ1) is 14.5. The van der Waals surface area contributed by atoms with E-state index in [-0.39, 0.29) is 11.9 Å². The molecule has 0 aliphatic carbocycles. The number of hydrogen-bond donors (Lipinski definition) is 0. The van der Waals surface area contributed by atoms with Crippen LogP contribution in [0.1, 0.15) is 5.56 Å². The van der Waals surface area contributed by atoms with Gasteiger partial charge in [0.25, 0.3) is 0 Å². The van der Waals surface area contributed by atoms with Crippen LogP contribution in [0.2, 0.25) is 0 Å². The third-order valence-electron chi connectivity index (χ3n) is 3.15. The second-order valence-corrected chi connectivity index (χ2v) is 7.42. The second kappa shape index (κ2) is 6.02. The molecule has 1 aliphatic rings. The van der Waals surface area contributed by atoms with Crippen LogP contribution in [0.15, 0.2) is 12.4 Å². The molecule has 0 saturated carbocycles. The molecule has 1 aromatic heterocycles. The molecule has 6 nitrogen and oxygen atoms in total. The summed E-state index contributed by atoms with van der Waals surface area (Å²) in [5, 5.41) is 4.24. The van der Waals surface area contributed by atoms with E-state index < -0.39 is 9.84 Å². The maximum atomic E-state index is 11.2. The van der Waals surface area contributed by atoms with E-state index in [1.54, 1.807) is 0 Å². The molecule has 0 spiro atoms. The molecule has 2 rings (SSSR count). The van der Waals surface area contributed by atoms with E-state index in [1.807, 2.05) is 24.0 Å². The molecular weight excluding hydrogens is 266 g/mol. The van der Waals surface area contributed by atoms with Crippen LogP contribution in [0.25, 0.3) is 0 Å². The molecular formula is C12H21N3O3S. The quantitative estimate of drug-likeness (QED) is 0.759. The van der Waals surface area contributed by atoms with Crippen LogP contribution < -0.4 is 0 Å². The lowest BCUT2D eigenvalue weighted by Gasteiger charge is -2.32. The highest BCUT2D eigenvalue weighted by molar-refractivity contribution is 7.90. The van der Waals surface area contributed by atoms with Gasteiger partial charge in [0, 0.05) is 32.1 Å². The van der Waals surface area contributed by atoms with Crippen LogP contribution in [0.5, 0.6) is 0 Å². The Bertz CT molecular complexity index is 512.